The Labute approximate surface area is 99.3 Å². The van der Waals surface area contributed by atoms with E-state index in [4.69, 9.17) is 4.74 Å². The predicted molar refractivity (Wildman–Crippen MR) is 62.1 cm³/mol. The van der Waals surface area contributed by atoms with E-state index in [1.54, 1.807) is 0 Å². The van der Waals surface area contributed by atoms with Gasteiger partial charge in [-0.25, -0.2) is 0 Å². The van der Waals surface area contributed by atoms with Gasteiger partial charge in [0.25, 0.3) is 0 Å². The normalized spacial score (nSPS) is 38.1. The Balaban J connectivity index is 2.10. The molecular formula is C11H18BrNO2. The van der Waals surface area contributed by atoms with Crippen LogP contribution in [-0.2, 0) is 9.53 Å². The first-order valence-electron chi connectivity index (χ1n) is 5.67. The van der Waals surface area contributed by atoms with Crippen LogP contribution in [0.5, 0.6) is 0 Å². The number of carbonyl (C=O) groups is 1. The lowest BCUT2D eigenvalue weighted by molar-refractivity contribution is -0.145. The van der Waals surface area contributed by atoms with Crippen LogP contribution in [-0.4, -0.2) is 40.9 Å². The topological polar surface area (TPSA) is 29.5 Å². The zero-order valence-corrected chi connectivity index (χ0v) is 10.8. The third-order valence-corrected chi connectivity index (χ3v) is 4.29. The molecule has 0 bridgehead atoms. The summed E-state index contributed by atoms with van der Waals surface area (Å²) in [5.41, 5.74) is -0.0677. The molecule has 86 valence electrons. The zero-order valence-electron chi connectivity index (χ0n) is 9.17. The summed E-state index contributed by atoms with van der Waals surface area (Å²) in [6, 6.07) is 0. The molecule has 15 heavy (non-hydrogen) atoms. The van der Waals surface area contributed by atoms with Gasteiger partial charge in [0.2, 0.25) is 5.91 Å². The molecule has 2 rings (SSSR count). The standard InChI is InChI=1S/C11H18BrNO2/c1-11(5-3-7-15-8-11)13-6-2-4-9(12)10(13)14/h9H,2-8H2,1H3. The largest absolute Gasteiger partial charge is 0.379 e. The summed E-state index contributed by atoms with van der Waals surface area (Å²) < 4.78 is 5.51. The molecule has 1 amide bonds. The third kappa shape index (κ3) is 2.21. The number of alkyl halides is 1. The van der Waals surface area contributed by atoms with E-state index in [2.05, 4.69) is 22.9 Å². The molecule has 2 fully saturated rings. The maximum Gasteiger partial charge on any atom is 0.236 e. The number of hydrogen-bond donors (Lipinski definition) is 0. The molecule has 2 atom stereocenters. The molecule has 0 aromatic carbocycles. The second kappa shape index (κ2) is 4.42. The van der Waals surface area contributed by atoms with E-state index in [0.29, 0.717) is 6.61 Å². The summed E-state index contributed by atoms with van der Waals surface area (Å²) in [6.07, 6.45) is 4.19. The minimum absolute atomic E-state index is 0.0185. The number of piperidine rings is 1. The quantitative estimate of drug-likeness (QED) is 0.685. The van der Waals surface area contributed by atoms with E-state index in [1.807, 2.05) is 4.90 Å². The van der Waals surface area contributed by atoms with E-state index in [1.165, 1.54) is 0 Å². The summed E-state index contributed by atoms with van der Waals surface area (Å²) in [7, 11) is 0. The molecule has 0 aromatic heterocycles. The highest BCUT2D eigenvalue weighted by atomic mass is 79.9. The number of rotatable bonds is 1. The molecule has 0 spiro atoms. The van der Waals surface area contributed by atoms with E-state index >= 15 is 0 Å². The van der Waals surface area contributed by atoms with Crippen molar-refractivity contribution in [3.05, 3.63) is 0 Å². The summed E-state index contributed by atoms with van der Waals surface area (Å²) in [4.78, 5) is 14.1. The molecule has 0 aromatic rings. The first kappa shape index (κ1) is 11.4. The Kier molecular flexibility index (Phi) is 3.36. The van der Waals surface area contributed by atoms with Crippen molar-refractivity contribution >= 4 is 21.8 Å². The van der Waals surface area contributed by atoms with Gasteiger partial charge in [0.05, 0.1) is 17.0 Å². The summed E-state index contributed by atoms with van der Waals surface area (Å²) in [5.74, 6) is 0.245. The van der Waals surface area contributed by atoms with Gasteiger partial charge in [-0.05, 0) is 32.6 Å². The molecule has 4 heteroatoms. The maximum atomic E-state index is 12.1. The number of likely N-dealkylation sites (tertiary alicyclic amines) is 1. The molecule has 2 saturated heterocycles. The van der Waals surface area contributed by atoms with E-state index in [-0.39, 0.29) is 16.3 Å². The lowest BCUT2D eigenvalue weighted by Gasteiger charge is -2.46. The smallest absolute Gasteiger partial charge is 0.236 e. The summed E-state index contributed by atoms with van der Waals surface area (Å²) >= 11 is 3.45. The lowest BCUT2D eigenvalue weighted by Crippen LogP contribution is -2.58. The second-order valence-corrected chi connectivity index (χ2v) is 5.86. The van der Waals surface area contributed by atoms with Gasteiger partial charge in [-0.15, -0.1) is 0 Å². The van der Waals surface area contributed by atoms with Crippen molar-refractivity contribution in [3.8, 4) is 0 Å². The van der Waals surface area contributed by atoms with Crippen molar-refractivity contribution in [2.24, 2.45) is 0 Å². The number of hydrogen-bond acceptors (Lipinski definition) is 2. The Morgan fingerprint density at radius 1 is 1.53 bits per heavy atom. The molecule has 2 unspecified atom stereocenters. The predicted octanol–water partition coefficient (Wildman–Crippen LogP) is 1.94. The molecule has 0 N–H and O–H groups in total. The number of halogens is 1. The van der Waals surface area contributed by atoms with Crippen molar-refractivity contribution in [1.29, 1.82) is 0 Å². The average Bonchev–Trinajstić information content (AvgIpc) is 2.23. The van der Waals surface area contributed by atoms with Gasteiger partial charge >= 0.3 is 0 Å². The van der Waals surface area contributed by atoms with Crippen molar-refractivity contribution < 1.29 is 9.53 Å². The third-order valence-electron chi connectivity index (χ3n) is 3.44. The minimum Gasteiger partial charge on any atom is -0.379 e. The van der Waals surface area contributed by atoms with Crippen LogP contribution in [0.15, 0.2) is 0 Å². The fraction of sp³-hybridized carbons (Fsp3) is 0.909. The Bertz CT molecular complexity index is 251. The fourth-order valence-electron chi connectivity index (χ4n) is 2.50. The first-order chi connectivity index (χ1) is 7.13. The molecular weight excluding hydrogens is 258 g/mol. The Morgan fingerprint density at radius 2 is 2.33 bits per heavy atom. The summed E-state index contributed by atoms with van der Waals surface area (Å²) in [6.45, 7) is 4.57. The number of amides is 1. The second-order valence-electron chi connectivity index (χ2n) is 4.75. The van der Waals surface area contributed by atoms with Crippen LogP contribution >= 0.6 is 15.9 Å². The fourth-order valence-corrected chi connectivity index (χ4v) is 3.07. The minimum atomic E-state index is -0.0677. The molecule has 0 aliphatic carbocycles. The van der Waals surface area contributed by atoms with Crippen molar-refractivity contribution in [2.45, 2.75) is 43.0 Å². The monoisotopic (exact) mass is 275 g/mol. The van der Waals surface area contributed by atoms with E-state index in [0.717, 1.165) is 38.8 Å². The van der Waals surface area contributed by atoms with Gasteiger partial charge in [0.1, 0.15) is 0 Å². The van der Waals surface area contributed by atoms with Crippen LogP contribution in [0.2, 0.25) is 0 Å². The number of nitrogens with zero attached hydrogens (tertiary/aromatic N) is 1. The van der Waals surface area contributed by atoms with Crippen molar-refractivity contribution in [3.63, 3.8) is 0 Å². The van der Waals surface area contributed by atoms with E-state index < -0.39 is 0 Å². The molecule has 2 aliphatic heterocycles. The van der Waals surface area contributed by atoms with Crippen molar-refractivity contribution in [2.75, 3.05) is 19.8 Å². The molecule has 0 saturated carbocycles. The van der Waals surface area contributed by atoms with Gasteiger partial charge in [-0.2, -0.15) is 0 Å². The van der Waals surface area contributed by atoms with Crippen LogP contribution in [0.4, 0.5) is 0 Å². The molecule has 3 nitrogen and oxygen atoms in total. The van der Waals surface area contributed by atoms with Gasteiger partial charge in [0.15, 0.2) is 0 Å². The molecule has 2 heterocycles. The average molecular weight is 276 g/mol. The van der Waals surface area contributed by atoms with Gasteiger partial charge in [0, 0.05) is 13.2 Å². The summed E-state index contributed by atoms with van der Waals surface area (Å²) in [5, 5.41) is 0. The van der Waals surface area contributed by atoms with Gasteiger partial charge in [-0.3, -0.25) is 4.79 Å². The van der Waals surface area contributed by atoms with Crippen LogP contribution in [0.3, 0.4) is 0 Å². The number of carbonyl (C=O) groups excluding carboxylic acids is 1. The van der Waals surface area contributed by atoms with Crippen molar-refractivity contribution in [1.82, 2.24) is 4.90 Å². The Morgan fingerprint density at radius 3 is 3.00 bits per heavy atom. The molecule has 0 radical (unpaired) electrons. The maximum absolute atomic E-state index is 12.1. The van der Waals surface area contributed by atoms with E-state index in [9.17, 15) is 4.79 Å². The first-order valence-corrected chi connectivity index (χ1v) is 6.58. The van der Waals surface area contributed by atoms with Crippen LogP contribution < -0.4 is 0 Å². The molecule has 2 aliphatic rings. The lowest BCUT2D eigenvalue weighted by atomic mass is 9.90. The van der Waals surface area contributed by atoms with Gasteiger partial charge in [-0.1, -0.05) is 15.9 Å². The van der Waals surface area contributed by atoms with Crippen LogP contribution in [0.1, 0.15) is 32.6 Å². The zero-order chi connectivity index (χ0) is 10.9. The SMILES string of the molecule is CC1(N2CCCC(Br)C2=O)CCCOC1. The van der Waals surface area contributed by atoms with Crippen LogP contribution in [0, 0.1) is 0 Å². The highest BCUT2D eigenvalue weighted by Gasteiger charge is 2.40. The highest BCUT2D eigenvalue weighted by Crippen LogP contribution is 2.31. The van der Waals surface area contributed by atoms with Gasteiger partial charge < -0.3 is 9.64 Å². The van der Waals surface area contributed by atoms with Crippen LogP contribution in [0.25, 0.3) is 0 Å². The highest BCUT2D eigenvalue weighted by molar-refractivity contribution is 9.10. The number of ether oxygens (including phenoxy) is 1. The Hall–Kier alpha value is -0.0900.